The summed E-state index contributed by atoms with van der Waals surface area (Å²) in [4.78, 5) is 23.7. The van der Waals surface area contributed by atoms with Gasteiger partial charge in [0.2, 0.25) is 0 Å². The molecule has 2 fully saturated rings. The highest BCUT2D eigenvalue weighted by molar-refractivity contribution is 5.88. The molecule has 1 heterocycles. The maximum atomic E-state index is 12.0. The number of ether oxygens (including phenoxy) is 2. The highest BCUT2D eigenvalue weighted by Crippen LogP contribution is 2.61. The lowest BCUT2D eigenvalue weighted by atomic mass is 9.46. The van der Waals surface area contributed by atoms with Crippen molar-refractivity contribution in [2.45, 2.75) is 89.4 Å². The van der Waals surface area contributed by atoms with Crippen molar-refractivity contribution in [3.05, 3.63) is 11.6 Å². The molecule has 3 rings (SSSR count). The Kier molecular flexibility index (Phi) is 5.84. The Bertz CT molecular complexity index is 690. The van der Waals surface area contributed by atoms with Gasteiger partial charge in [-0.1, -0.05) is 27.2 Å². The Labute approximate surface area is 170 Å². The van der Waals surface area contributed by atoms with Gasteiger partial charge >= 0.3 is 0 Å². The fourth-order valence-electron chi connectivity index (χ4n) is 5.78. The van der Waals surface area contributed by atoms with Crippen molar-refractivity contribution in [1.82, 2.24) is 0 Å². The van der Waals surface area contributed by atoms with E-state index >= 15 is 0 Å². The Morgan fingerprint density at radius 2 is 1.76 bits per heavy atom. The second-order valence-electron chi connectivity index (χ2n) is 9.64. The first kappa shape index (κ1) is 22.5. The average molecular weight is 412 g/mol. The molecule has 0 aromatic carbocycles. The molecule has 8 nitrogen and oxygen atoms in total. The van der Waals surface area contributed by atoms with E-state index in [9.17, 15) is 30.0 Å². The van der Waals surface area contributed by atoms with Gasteiger partial charge in [-0.15, -0.1) is 0 Å². The zero-order valence-electron chi connectivity index (χ0n) is 17.3. The highest BCUT2D eigenvalue weighted by atomic mass is 16.7. The van der Waals surface area contributed by atoms with E-state index in [1.807, 2.05) is 13.8 Å². The number of carbonyl (C=O) groups excluding carboxylic acids is 2. The summed E-state index contributed by atoms with van der Waals surface area (Å²) in [7, 11) is 0. The van der Waals surface area contributed by atoms with Gasteiger partial charge in [-0.3, -0.25) is 9.59 Å². The summed E-state index contributed by atoms with van der Waals surface area (Å²) in [5.74, 6) is -0.363. The standard InChI is InChI=1S/C21H32O8/c1-11-14(24)15(25)16(26)18(28-11)29-13-8-12(9-22)21(27,10-23)20(4)7-5-6-19(2,3)17(13)20/h8-11,13-18,24-27H,5-7H2,1-4H3/t11-,13+,14-,15+,16+,17-,18-,20-,21+/m0/s1. The van der Waals surface area contributed by atoms with Crippen molar-refractivity contribution in [3.63, 3.8) is 0 Å². The van der Waals surface area contributed by atoms with Crippen LogP contribution in [0.5, 0.6) is 0 Å². The molecule has 0 bridgehead atoms. The van der Waals surface area contributed by atoms with Crippen molar-refractivity contribution < 1.29 is 39.5 Å². The minimum Gasteiger partial charge on any atom is -0.388 e. The fourth-order valence-corrected chi connectivity index (χ4v) is 5.78. The number of aliphatic hydroxyl groups is 4. The monoisotopic (exact) mass is 412 g/mol. The normalized spacial score (nSPS) is 49.7. The lowest BCUT2D eigenvalue weighted by Crippen LogP contribution is -2.65. The number of hydrogen-bond acceptors (Lipinski definition) is 8. The Hall–Kier alpha value is -1.16. The first-order valence-electron chi connectivity index (χ1n) is 10.1. The van der Waals surface area contributed by atoms with Gasteiger partial charge in [0.25, 0.3) is 0 Å². The molecule has 0 amide bonds. The molecule has 0 unspecified atom stereocenters. The van der Waals surface area contributed by atoms with Crippen molar-refractivity contribution in [1.29, 1.82) is 0 Å². The third-order valence-electron chi connectivity index (χ3n) is 7.43. The molecule has 4 N–H and O–H groups in total. The summed E-state index contributed by atoms with van der Waals surface area (Å²) < 4.78 is 11.6. The summed E-state index contributed by atoms with van der Waals surface area (Å²) >= 11 is 0. The number of hydrogen-bond donors (Lipinski definition) is 4. The number of aldehydes is 2. The second kappa shape index (κ2) is 7.51. The van der Waals surface area contributed by atoms with Crippen LogP contribution in [0.25, 0.3) is 0 Å². The predicted octanol–water partition coefficient (Wildman–Crippen LogP) is 0.101. The van der Waals surface area contributed by atoms with E-state index in [0.29, 0.717) is 19.0 Å². The van der Waals surface area contributed by atoms with Crippen LogP contribution in [0.1, 0.15) is 47.0 Å². The van der Waals surface area contributed by atoms with Crippen LogP contribution in [0.3, 0.4) is 0 Å². The SMILES string of the molecule is C[C@@H]1O[C@@H](O[C@@H]2C=C(C=O)[C@](O)(C=O)[C@@]3(C)CCCC(C)(C)[C@H]23)[C@H](O)[C@H](O)[C@H]1O. The molecule has 0 aromatic heterocycles. The van der Waals surface area contributed by atoms with Crippen LogP contribution >= 0.6 is 0 Å². The lowest BCUT2D eigenvalue weighted by Gasteiger charge is -2.60. The van der Waals surface area contributed by atoms with Crippen LogP contribution in [0.15, 0.2) is 11.6 Å². The van der Waals surface area contributed by atoms with Gasteiger partial charge in [0, 0.05) is 16.9 Å². The topological polar surface area (TPSA) is 134 Å². The van der Waals surface area contributed by atoms with E-state index in [-0.39, 0.29) is 16.9 Å². The van der Waals surface area contributed by atoms with E-state index < -0.39 is 47.8 Å². The minimum atomic E-state index is -1.94. The van der Waals surface area contributed by atoms with Crippen molar-refractivity contribution in [3.8, 4) is 0 Å². The Morgan fingerprint density at radius 3 is 2.34 bits per heavy atom. The first-order chi connectivity index (χ1) is 13.4. The van der Waals surface area contributed by atoms with Crippen molar-refractivity contribution in [2.24, 2.45) is 16.7 Å². The van der Waals surface area contributed by atoms with Crippen LogP contribution in [0.2, 0.25) is 0 Å². The quantitative estimate of drug-likeness (QED) is 0.478. The van der Waals surface area contributed by atoms with Crippen molar-refractivity contribution >= 4 is 12.6 Å². The zero-order chi connectivity index (χ0) is 21.8. The van der Waals surface area contributed by atoms with Gasteiger partial charge in [0.1, 0.15) is 24.6 Å². The molecule has 1 saturated carbocycles. The van der Waals surface area contributed by atoms with Gasteiger partial charge in [-0.25, -0.2) is 0 Å². The Morgan fingerprint density at radius 1 is 1.10 bits per heavy atom. The van der Waals surface area contributed by atoms with E-state index in [0.717, 1.165) is 12.8 Å². The van der Waals surface area contributed by atoms with Crippen LogP contribution in [0, 0.1) is 16.7 Å². The van der Waals surface area contributed by atoms with Gasteiger partial charge in [-0.05, 0) is 31.3 Å². The number of aliphatic hydroxyl groups excluding tert-OH is 3. The molecule has 0 aromatic rings. The predicted molar refractivity (Wildman–Crippen MR) is 102 cm³/mol. The Balaban J connectivity index is 2.04. The van der Waals surface area contributed by atoms with Crippen LogP contribution in [-0.2, 0) is 19.1 Å². The summed E-state index contributed by atoms with van der Waals surface area (Å²) in [6, 6.07) is 0. The molecule has 1 saturated heterocycles. The third kappa shape index (κ3) is 3.30. The van der Waals surface area contributed by atoms with E-state index in [1.165, 1.54) is 6.08 Å². The smallest absolute Gasteiger partial charge is 0.187 e. The second-order valence-corrected chi connectivity index (χ2v) is 9.64. The molecular formula is C21H32O8. The number of rotatable bonds is 4. The lowest BCUT2D eigenvalue weighted by molar-refractivity contribution is -0.314. The molecule has 9 atom stereocenters. The molecule has 1 aliphatic heterocycles. The molecule has 164 valence electrons. The van der Waals surface area contributed by atoms with Crippen LogP contribution < -0.4 is 0 Å². The highest BCUT2D eigenvalue weighted by Gasteiger charge is 2.64. The summed E-state index contributed by atoms with van der Waals surface area (Å²) in [6.45, 7) is 7.40. The minimum absolute atomic E-state index is 0.0760. The van der Waals surface area contributed by atoms with E-state index in [1.54, 1.807) is 13.8 Å². The van der Waals surface area contributed by atoms with Crippen LogP contribution in [0.4, 0.5) is 0 Å². The van der Waals surface area contributed by atoms with Crippen molar-refractivity contribution in [2.75, 3.05) is 0 Å². The molecule has 0 spiro atoms. The molecular weight excluding hydrogens is 380 g/mol. The third-order valence-corrected chi connectivity index (χ3v) is 7.43. The molecule has 8 heteroatoms. The van der Waals surface area contributed by atoms with Gasteiger partial charge in [-0.2, -0.15) is 0 Å². The zero-order valence-corrected chi connectivity index (χ0v) is 17.3. The molecule has 29 heavy (non-hydrogen) atoms. The summed E-state index contributed by atoms with van der Waals surface area (Å²) in [6.07, 6.45) is -2.48. The van der Waals surface area contributed by atoms with Gasteiger partial charge < -0.3 is 29.9 Å². The van der Waals surface area contributed by atoms with Crippen LogP contribution in [-0.4, -0.2) is 75.4 Å². The first-order valence-corrected chi connectivity index (χ1v) is 10.1. The summed E-state index contributed by atoms with van der Waals surface area (Å²) in [5.41, 5.74) is -3.32. The van der Waals surface area contributed by atoms with Gasteiger partial charge in [0.15, 0.2) is 18.2 Å². The molecule has 3 aliphatic rings. The van der Waals surface area contributed by atoms with E-state index in [4.69, 9.17) is 9.47 Å². The average Bonchev–Trinajstić information content (AvgIpc) is 2.66. The maximum Gasteiger partial charge on any atom is 0.187 e. The van der Waals surface area contributed by atoms with E-state index in [2.05, 4.69) is 0 Å². The largest absolute Gasteiger partial charge is 0.388 e. The summed E-state index contributed by atoms with van der Waals surface area (Å²) in [5, 5.41) is 41.6. The number of carbonyl (C=O) groups is 2. The number of fused-ring (bicyclic) bond motifs is 1. The molecule has 2 aliphatic carbocycles. The fraction of sp³-hybridized carbons (Fsp3) is 0.810. The maximum absolute atomic E-state index is 12.0. The van der Waals surface area contributed by atoms with Gasteiger partial charge in [0.05, 0.1) is 12.2 Å². The molecule has 0 radical (unpaired) electrons.